The van der Waals surface area contributed by atoms with E-state index in [9.17, 15) is 10.1 Å². The van der Waals surface area contributed by atoms with Crippen LogP contribution in [0, 0.1) is 10.1 Å². The summed E-state index contributed by atoms with van der Waals surface area (Å²) in [6, 6.07) is 5.36. The summed E-state index contributed by atoms with van der Waals surface area (Å²) in [6.45, 7) is 0.946. The van der Waals surface area contributed by atoms with Crippen molar-refractivity contribution >= 4 is 17.1 Å². The molecule has 0 saturated carbocycles. The highest BCUT2D eigenvalue weighted by Crippen LogP contribution is 2.39. The van der Waals surface area contributed by atoms with Crippen LogP contribution < -0.4 is 16.2 Å². The molecule has 1 aliphatic rings. The number of hydrazine groups is 1. The first-order valence-electron chi connectivity index (χ1n) is 6.80. The second-order valence-corrected chi connectivity index (χ2v) is 4.93. The summed E-state index contributed by atoms with van der Waals surface area (Å²) in [5.41, 5.74) is 3.33. The lowest BCUT2D eigenvalue weighted by Gasteiger charge is -2.26. The maximum Gasteiger partial charge on any atom is 0.316 e. The fraction of sp³-hybridized carbons (Fsp3) is 0.538. The van der Waals surface area contributed by atoms with Gasteiger partial charge < -0.3 is 15.4 Å². The minimum atomic E-state index is -0.397. The van der Waals surface area contributed by atoms with Crippen molar-refractivity contribution in [2.75, 3.05) is 23.5 Å². The molecule has 2 rings (SSSR count). The first kappa shape index (κ1) is 14.5. The molecule has 7 nitrogen and oxygen atoms in total. The SMILES string of the molecule is NNc1cccc(N2CCCC2CCCO)c1[N+](=O)[O-]. The number of aliphatic hydroxyl groups is 1. The number of anilines is 2. The lowest BCUT2D eigenvalue weighted by atomic mass is 10.1. The van der Waals surface area contributed by atoms with Crippen LogP contribution in [0.25, 0.3) is 0 Å². The summed E-state index contributed by atoms with van der Waals surface area (Å²) in [5, 5.41) is 20.3. The van der Waals surface area contributed by atoms with Crippen LogP contribution in [0.4, 0.5) is 17.1 Å². The van der Waals surface area contributed by atoms with E-state index < -0.39 is 4.92 Å². The van der Waals surface area contributed by atoms with Crippen molar-refractivity contribution in [3.63, 3.8) is 0 Å². The van der Waals surface area contributed by atoms with Crippen molar-refractivity contribution in [1.29, 1.82) is 0 Å². The van der Waals surface area contributed by atoms with Crippen molar-refractivity contribution in [1.82, 2.24) is 0 Å². The number of nitrogens with one attached hydrogen (secondary N) is 1. The molecule has 0 bridgehead atoms. The molecule has 1 atom stereocenters. The van der Waals surface area contributed by atoms with Gasteiger partial charge in [-0.3, -0.25) is 16.0 Å². The molecule has 0 aliphatic carbocycles. The van der Waals surface area contributed by atoms with E-state index in [0.717, 1.165) is 25.8 Å². The molecule has 7 heteroatoms. The van der Waals surface area contributed by atoms with Crippen molar-refractivity contribution in [3.05, 3.63) is 28.3 Å². The average molecular weight is 280 g/mol. The molecule has 1 heterocycles. The van der Waals surface area contributed by atoms with Gasteiger partial charge in [0.2, 0.25) is 0 Å². The highest BCUT2D eigenvalue weighted by Gasteiger charge is 2.30. The summed E-state index contributed by atoms with van der Waals surface area (Å²) in [4.78, 5) is 13.0. The number of nitro benzene ring substituents is 1. The number of hydrogen-bond acceptors (Lipinski definition) is 6. The lowest BCUT2D eigenvalue weighted by molar-refractivity contribution is -0.383. The molecule has 0 amide bonds. The first-order chi connectivity index (χ1) is 9.69. The summed E-state index contributed by atoms with van der Waals surface area (Å²) >= 11 is 0. The van der Waals surface area contributed by atoms with Crippen molar-refractivity contribution in [3.8, 4) is 0 Å². The Kier molecular flexibility index (Phi) is 4.75. The minimum absolute atomic E-state index is 0.0194. The number of nitro groups is 1. The monoisotopic (exact) mass is 280 g/mol. The Morgan fingerprint density at radius 1 is 1.55 bits per heavy atom. The highest BCUT2D eigenvalue weighted by molar-refractivity contribution is 5.77. The van der Waals surface area contributed by atoms with Crippen LogP contribution in [0.15, 0.2) is 18.2 Å². The topological polar surface area (TPSA) is 105 Å². The molecule has 1 unspecified atom stereocenters. The van der Waals surface area contributed by atoms with E-state index in [-0.39, 0.29) is 18.3 Å². The molecular formula is C13H20N4O3. The second kappa shape index (κ2) is 6.53. The summed E-state index contributed by atoms with van der Waals surface area (Å²) in [5.74, 6) is 5.36. The number of benzene rings is 1. The maximum atomic E-state index is 11.3. The number of aliphatic hydroxyl groups excluding tert-OH is 1. The summed E-state index contributed by atoms with van der Waals surface area (Å²) in [6.07, 6.45) is 3.56. The normalized spacial score (nSPS) is 18.3. The largest absolute Gasteiger partial charge is 0.396 e. The standard InChI is InChI=1S/C13H20N4O3/c14-15-11-6-1-7-12(13(11)17(19)20)16-8-2-4-10(16)5-3-9-18/h1,6-7,10,15,18H,2-5,8-9,14H2. The lowest BCUT2D eigenvalue weighted by Crippen LogP contribution is -2.30. The molecule has 1 aromatic carbocycles. The maximum absolute atomic E-state index is 11.3. The van der Waals surface area contributed by atoms with Gasteiger partial charge in [0, 0.05) is 19.2 Å². The summed E-state index contributed by atoms with van der Waals surface area (Å²) in [7, 11) is 0. The zero-order valence-electron chi connectivity index (χ0n) is 11.3. The van der Waals surface area contributed by atoms with E-state index in [1.165, 1.54) is 0 Å². The van der Waals surface area contributed by atoms with Crippen molar-refractivity contribution < 1.29 is 10.0 Å². The Morgan fingerprint density at radius 2 is 2.35 bits per heavy atom. The predicted octanol–water partition coefficient (Wildman–Crippen LogP) is 1.62. The van der Waals surface area contributed by atoms with Gasteiger partial charge in [0.1, 0.15) is 11.4 Å². The van der Waals surface area contributed by atoms with Crippen LogP contribution >= 0.6 is 0 Å². The van der Waals surface area contributed by atoms with Gasteiger partial charge in [-0.25, -0.2) is 0 Å². The molecule has 1 aromatic rings. The Morgan fingerprint density at radius 3 is 3.00 bits per heavy atom. The number of rotatable bonds is 6. The molecule has 1 fully saturated rings. The Bertz CT molecular complexity index is 481. The number of para-hydroxylation sites is 1. The molecule has 4 N–H and O–H groups in total. The van der Waals surface area contributed by atoms with Gasteiger partial charge in [0.15, 0.2) is 0 Å². The Labute approximate surface area is 117 Å². The summed E-state index contributed by atoms with van der Waals surface area (Å²) < 4.78 is 0. The average Bonchev–Trinajstić information content (AvgIpc) is 2.92. The van der Waals surface area contributed by atoms with E-state index in [1.807, 2.05) is 0 Å². The third kappa shape index (κ3) is 2.83. The molecule has 0 spiro atoms. The van der Waals surface area contributed by atoms with Gasteiger partial charge in [-0.2, -0.15) is 0 Å². The zero-order valence-corrected chi connectivity index (χ0v) is 11.3. The van der Waals surface area contributed by atoms with Gasteiger partial charge in [0.05, 0.1) is 4.92 Å². The third-order valence-corrected chi connectivity index (χ3v) is 3.73. The van der Waals surface area contributed by atoms with Gasteiger partial charge in [-0.05, 0) is 37.8 Å². The predicted molar refractivity (Wildman–Crippen MR) is 77.6 cm³/mol. The van der Waals surface area contributed by atoms with Crippen LogP contribution in [0.2, 0.25) is 0 Å². The van der Waals surface area contributed by atoms with E-state index >= 15 is 0 Å². The number of nitrogen functional groups attached to an aromatic ring is 1. The third-order valence-electron chi connectivity index (χ3n) is 3.73. The van der Waals surface area contributed by atoms with Gasteiger partial charge in [-0.1, -0.05) is 6.07 Å². The fourth-order valence-electron chi connectivity index (χ4n) is 2.85. The second-order valence-electron chi connectivity index (χ2n) is 4.93. The molecule has 0 aromatic heterocycles. The van der Waals surface area contributed by atoms with Crippen LogP contribution in [-0.2, 0) is 0 Å². The molecule has 110 valence electrons. The highest BCUT2D eigenvalue weighted by atomic mass is 16.6. The molecule has 1 saturated heterocycles. The van der Waals surface area contributed by atoms with Crippen LogP contribution in [0.3, 0.4) is 0 Å². The zero-order chi connectivity index (χ0) is 14.5. The van der Waals surface area contributed by atoms with Gasteiger partial charge in [-0.15, -0.1) is 0 Å². The van der Waals surface area contributed by atoms with Crippen molar-refractivity contribution in [2.24, 2.45) is 5.84 Å². The van der Waals surface area contributed by atoms with Crippen LogP contribution in [0.1, 0.15) is 25.7 Å². The molecule has 0 radical (unpaired) electrons. The van der Waals surface area contributed by atoms with E-state index in [4.69, 9.17) is 10.9 Å². The fourth-order valence-corrected chi connectivity index (χ4v) is 2.85. The number of nitrogens with two attached hydrogens (primary N) is 1. The van der Waals surface area contributed by atoms with E-state index in [0.29, 0.717) is 17.8 Å². The number of nitrogens with zero attached hydrogens (tertiary/aromatic N) is 2. The smallest absolute Gasteiger partial charge is 0.316 e. The van der Waals surface area contributed by atoms with E-state index in [2.05, 4.69) is 10.3 Å². The minimum Gasteiger partial charge on any atom is -0.396 e. The Balaban J connectivity index is 2.33. The van der Waals surface area contributed by atoms with Gasteiger partial charge in [0.25, 0.3) is 0 Å². The molecule has 20 heavy (non-hydrogen) atoms. The van der Waals surface area contributed by atoms with Crippen LogP contribution in [-0.4, -0.2) is 29.2 Å². The van der Waals surface area contributed by atoms with Crippen LogP contribution in [0.5, 0.6) is 0 Å². The first-order valence-corrected chi connectivity index (χ1v) is 6.80. The van der Waals surface area contributed by atoms with E-state index in [1.54, 1.807) is 18.2 Å². The number of hydrogen-bond donors (Lipinski definition) is 3. The molecule has 1 aliphatic heterocycles. The van der Waals surface area contributed by atoms with Crippen molar-refractivity contribution in [2.45, 2.75) is 31.7 Å². The molecular weight excluding hydrogens is 260 g/mol. The Hall–Kier alpha value is -1.86. The van der Waals surface area contributed by atoms with Gasteiger partial charge >= 0.3 is 5.69 Å². The quantitative estimate of drug-likeness (QED) is 0.415.